The van der Waals surface area contributed by atoms with Crippen LogP contribution in [0.2, 0.25) is 0 Å². The van der Waals surface area contributed by atoms with Crippen molar-refractivity contribution in [2.24, 2.45) is 0 Å². The molecule has 0 radical (unpaired) electrons. The zero-order valence-electron chi connectivity index (χ0n) is 13.2. The number of thiazole rings is 1. The Hall–Kier alpha value is -1.15. The Morgan fingerprint density at radius 1 is 1.43 bits per heavy atom. The van der Waals surface area contributed by atoms with E-state index in [4.69, 9.17) is 0 Å². The van der Waals surface area contributed by atoms with Gasteiger partial charge in [0.2, 0.25) is 5.91 Å². The Bertz CT molecular complexity index is 510. The van der Waals surface area contributed by atoms with Gasteiger partial charge in [0, 0.05) is 30.9 Å². The van der Waals surface area contributed by atoms with Crippen LogP contribution < -0.4 is 5.32 Å². The van der Waals surface area contributed by atoms with E-state index in [2.05, 4.69) is 10.3 Å². The van der Waals surface area contributed by atoms with Crippen LogP contribution in [0.1, 0.15) is 36.4 Å². The number of alkyl halides is 3. The maximum absolute atomic E-state index is 12.3. The summed E-state index contributed by atoms with van der Waals surface area (Å²) < 4.78 is 36.9. The van der Waals surface area contributed by atoms with Gasteiger partial charge in [0.15, 0.2) is 0 Å². The molecule has 2 rings (SSSR count). The van der Waals surface area contributed by atoms with Crippen LogP contribution in [-0.4, -0.2) is 47.6 Å². The second kappa shape index (κ2) is 8.10. The second-order valence-corrected chi connectivity index (χ2v) is 7.01. The van der Waals surface area contributed by atoms with E-state index in [1.807, 2.05) is 12.3 Å². The molecule has 1 aromatic rings. The highest BCUT2D eigenvalue weighted by Crippen LogP contribution is 2.20. The summed E-state index contributed by atoms with van der Waals surface area (Å²) in [5.74, 6) is -0.0220. The molecule has 0 unspecified atom stereocenters. The fourth-order valence-corrected chi connectivity index (χ4v) is 3.39. The number of halogens is 3. The molecule has 1 aromatic heterocycles. The first-order valence-corrected chi connectivity index (χ1v) is 8.69. The lowest BCUT2D eigenvalue weighted by Gasteiger charge is -2.32. The predicted molar refractivity (Wildman–Crippen MR) is 83.4 cm³/mol. The number of carbonyl (C=O) groups excluding carboxylic acids is 1. The van der Waals surface area contributed by atoms with Gasteiger partial charge in [0.25, 0.3) is 0 Å². The first kappa shape index (κ1) is 18.2. The fourth-order valence-electron chi connectivity index (χ4n) is 2.74. The number of aromatic nitrogens is 1. The summed E-state index contributed by atoms with van der Waals surface area (Å²) in [6.45, 7) is 1.85. The monoisotopic (exact) mass is 349 g/mol. The van der Waals surface area contributed by atoms with E-state index in [0.29, 0.717) is 32.4 Å². The quantitative estimate of drug-likeness (QED) is 0.859. The van der Waals surface area contributed by atoms with Crippen LogP contribution in [0, 0.1) is 6.92 Å². The van der Waals surface area contributed by atoms with E-state index in [0.717, 1.165) is 23.5 Å². The van der Waals surface area contributed by atoms with Crippen molar-refractivity contribution in [3.63, 3.8) is 0 Å². The minimum atomic E-state index is -4.15. The lowest BCUT2D eigenvalue weighted by atomic mass is 10.0. The van der Waals surface area contributed by atoms with E-state index in [-0.39, 0.29) is 11.9 Å². The number of nitrogens with one attached hydrogen (secondary N) is 1. The van der Waals surface area contributed by atoms with Crippen molar-refractivity contribution in [3.8, 4) is 0 Å². The van der Waals surface area contributed by atoms with Crippen molar-refractivity contribution in [2.45, 2.75) is 51.2 Å². The first-order valence-electron chi connectivity index (χ1n) is 7.81. The normalized spacial score (nSPS) is 17.4. The molecule has 2 heterocycles. The number of carbonyl (C=O) groups is 1. The van der Waals surface area contributed by atoms with Gasteiger partial charge in [0.05, 0.1) is 17.2 Å². The molecular weight excluding hydrogens is 327 g/mol. The first-order chi connectivity index (χ1) is 10.8. The average Bonchev–Trinajstić information content (AvgIpc) is 2.85. The third-order valence-electron chi connectivity index (χ3n) is 3.86. The van der Waals surface area contributed by atoms with Crippen molar-refractivity contribution in [2.75, 3.05) is 19.6 Å². The number of amides is 1. The van der Waals surface area contributed by atoms with Gasteiger partial charge in [-0.15, -0.1) is 11.3 Å². The molecule has 23 heavy (non-hydrogen) atoms. The highest BCUT2D eigenvalue weighted by molar-refractivity contribution is 7.09. The highest BCUT2D eigenvalue weighted by atomic mass is 32.1. The summed E-state index contributed by atoms with van der Waals surface area (Å²) in [5.41, 5.74) is 1.01. The third kappa shape index (κ3) is 6.87. The van der Waals surface area contributed by atoms with Crippen LogP contribution in [0.25, 0.3) is 0 Å². The third-order valence-corrected chi connectivity index (χ3v) is 4.68. The Morgan fingerprint density at radius 2 is 2.13 bits per heavy atom. The van der Waals surface area contributed by atoms with Crippen LogP contribution >= 0.6 is 11.3 Å². The fraction of sp³-hybridized carbons (Fsp3) is 0.733. The maximum Gasteiger partial charge on any atom is 0.401 e. The summed E-state index contributed by atoms with van der Waals surface area (Å²) in [6, 6.07) is -0.00602. The molecule has 1 fully saturated rings. The summed E-state index contributed by atoms with van der Waals surface area (Å²) in [7, 11) is 0. The van der Waals surface area contributed by atoms with Gasteiger partial charge in [0.1, 0.15) is 0 Å². The molecule has 8 heteroatoms. The molecule has 0 aromatic carbocycles. The number of aryl methyl sites for hydroxylation is 2. The molecule has 1 N–H and O–H groups in total. The van der Waals surface area contributed by atoms with Crippen LogP contribution in [0.3, 0.4) is 0 Å². The molecule has 0 aliphatic carbocycles. The van der Waals surface area contributed by atoms with Crippen LogP contribution in [-0.2, 0) is 11.2 Å². The molecular formula is C15H22F3N3OS. The molecule has 0 atom stereocenters. The minimum absolute atomic E-state index is 0.00602. The van der Waals surface area contributed by atoms with Crippen molar-refractivity contribution in [1.82, 2.24) is 15.2 Å². The smallest absolute Gasteiger partial charge is 0.353 e. The standard InChI is InChI=1S/C15H22F3N3OS/c1-11-19-13(9-23-11)3-2-4-14(22)20-12-5-7-21(8-6-12)10-15(16,17)18/h9,12H,2-8,10H2,1H3,(H,20,22). The van der Waals surface area contributed by atoms with E-state index >= 15 is 0 Å². The average molecular weight is 349 g/mol. The van der Waals surface area contributed by atoms with Crippen molar-refractivity contribution < 1.29 is 18.0 Å². The number of hydrogen-bond donors (Lipinski definition) is 1. The molecule has 0 spiro atoms. The van der Waals surface area contributed by atoms with Crippen molar-refractivity contribution in [3.05, 3.63) is 16.1 Å². The number of likely N-dealkylation sites (tertiary alicyclic amines) is 1. The Morgan fingerprint density at radius 3 is 2.70 bits per heavy atom. The van der Waals surface area contributed by atoms with Crippen molar-refractivity contribution in [1.29, 1.82) is 0 Å². The summed E-state index contributed by atoms with van der Waals surface area (Å²) in [4.78, 5) is 17.6. The molecule has 130 valence electrons. The predicted octanol–water partition coefficient (Wildman–Crippen LogP) is 2.92. The van der Waals surface area contributed by atoms with Gasteiger partial charge >= 0.3 is 6.18 Å². The van der Waals surface area contributed by atoms with Crippen LogP contribution in [0.15, 0.2) is 5.38 Å². The Balaban J connectivity index is 1.61. The molecule has 1 aliphatic heterocycles. The van der Waals surface area contributed by atoms with E-state index < -0.39 is 12.7 Å². The molecule has 1 aliphatic rings. The van der Waals surface area contributed by atoms with Gasteiger partial charge in [-0.25, -0.2) is 4.98 Å². The largest absolute Gasteiger partial charge is 0.401 e. The van der Waals surface area contributed by atoms with E-state index in [1.165, 1.54) is 4.90 Å². The number of nitrogens with zero attached hydrogens (tertiary/aromatic N) is 2. The second-order valence-electron chi connectivity index (χ2n) is 5.94. The summed E-state index contributed by atoms with van der Waals surface area (Å²) in [6.07, 6.45) is -1.05. The van der Waals surface area contributed by atoms with Crippen molar-refractivity contribution >= 4 is 17.2 Å². The highest BCUT2D eigenvalue weighted by Gasteiger charge is 2.32. The van der Waals surface area contributed by atoms with Gasteiger partial charge in [-0.2, -0.15) is 13.2 Å². The van der Waals surface area contributed by atoms with E-state index in [9.17, 15) is 18.0 Å². The van der Waals surface area contributed by atoms with Gasteiger partial charge < -0.3 is 5.32 Å². The summed E-state index contributed by atoms with van der Waals surface area (Å²) in [5, 5.41) is 5.96. The summed E-state index contributed by atoms with van der Waals surface area (Å²) >= 11 is 1.60. The number of rotatable bonds is 6. The van der Waals surface area contributed by atoms with Crippen LogP contribution in [0.4, 0.5) is 13.2 Å². The molecule has 0 bridgehead atoms. The zero-order valence-corrected chi connectivity index (χ0v) is 14.0. The number of hydrogen-bond acceptors (Lipinski definition) is 4. The maximum atomic E-state index is 12.3. The van der Waals surface area contributed by atoms with Gasteiger partial charge in [-0.1, -0.05) is 0 Å². The SMILES string of the molecule is Cc1nc(CCCC(=O)NC2CCN(CC(F)(F)F)CC2)cs1. The van der Waals surface area contributed by atoms with Gasteiger partial charge in [-0.05, 0) is 32.6 Å². The molecule has 4 nitrogen and oxygen atoms in total. The minimum Gasteiger partial charge on any atom is -0.353 e. The zero-order chi connectivity index (χ0) is 16.9. The van der Waals surface area contributed by atoms with E-state index in [1.54, 1.807) is 11.3 Å². The lowest BCUT2D eigenvalue weighted by Crippen LogP contribution is -2.47. The van der Waals surface area contributed by atoms with Gasteiger partial charge in [-0.3, -0.25) is 9.69 Å². The molecule has 1 saturated heterocycles. The lowest BCUT2D eigenvalue weighted by molar-refractivity contribution is -0.148. The molecule has 1 amide bonds. The van der Waals surface area contributed by atoms with Crippen LogP contribution in [0.5, 0.6) is 0 Å². The Labute approximate surface area is 138 Å². The number of piperidine rings is 1. The topological polar surface area (TPSA) is 45.2 Å². The molecule has 0 saturated carbocycles. The Kier molecular flexibility index (Phi) is 6.41.